The van der Waals surface area contributed by atoms with Crippen molar-refractivity contribution in [1.82, 2.24) is 0 Å². The summed E-state index contributed by atoms with van der Waals surface area (Å²) < 4.78 is 13.3. The molecule has 0 bridgehead atoms. The second-order valence-corrected chi connectivity index (χ2v) is 15.6. The number of para-hydroxylation sites is 4. The molecule has 0 unspecified atom stereocenters. The molecule has 0 saturated heterocycles. The summed E-state index contributed by atoms with van der Waals surface area (Å²) in [5.74, 6) is 0. The van der Waals surface area contributed by atoms with Gasteiger partial charge in [-0.25, -0.2) is 0 Å². The predicted octanol–water partition coefficient (Wildman–Crippen LogP) is 16.0. The van der Waals surface area contributed by atoms with Gasteiger partial charge < -0.3 is 18.6 Å². The van der Waals surface area contributed by atoms with E-state index in [1.807, 2.05) is 0 Å². The highest BCUT2D eigenvalue weighted by atomic mass is 16.3. The number of rotatable bonds is 6. The van der Waals surface area contributed by atoms with E-state index < -0.39 is 0 Å². The third kappa shape index (κ3) is 5.44. The van der Waals surface area contributed by atoms with Gasteiger partial charge in [0.15, 0.2) is 0 Å². The Morgan fingerprint density at radius 3 is 0.948 bits per heavy atom. The van der Waals surface area contributed by atoms with Crippen LogP contribution in [0.5, 0.6) is 0 Å². The van der Waals surface area contributed by atoms with Crippen molar-refractivity contribution in [2.24, 2.45) is 0 Å². The first-order valence-corrected chi connectivity index (χ1v) is 19.9. The first-order valence-electron chi connectivity index (χ1n) is 19.9. The Morgan fingerprint density at radius 1 is 0.293 bits per heavy atom. The topological polar surface area (TPSA) is 32.8 Å². The minimum absolute atomic E-state index is 0.852. The van der Waals surface area contributed by atoms with E-state index in [1.54, 1.807) is 0 Å². The van der Waals surface area contributed by atoms with E-state index >= 15 is 0 Å². The fourth-order valence-corrected chi connectivity index (χ4v) is 8.86. The van der Waals surface area contributed by atoms with Crippen LogP contribution < -0.4 is 9.80 Å². The minimum Gasteiger partial charge on any atom is -0.456 e. The van der Waals surface area contributed by atoms with Crippen LogP contribution in [0.15, 0.2) is 179 Å². The van der Waals surface area contributed by atoms with E-state index in [-0.39, 0.29) is 0 Å². The number of hydrogen-bond acceptors (Lipinski definition) is 4. The summed E-state index contributed by atoms with van der Waals surface area (Å²) in [6, 6.07) is 60.9. The summed E-state index contributed by atoms with van der Waals surface area (Å²) in [6.45, 7) is 8.69. The van der Waals surface area contributed by atoms with Crippen LogP contribution in [0.4, 0.5) is 34.1 Å². The molecule has 0 aliphatic rings. The maximum absolute atomic E-state index is 6.67. The van der Waals surface area contributed by atoms with Crippen LogP contribution in [0, 0.1) is 27.7 Å². The van der Waals surface area contributed by atoms with E-state index in [9.17, 15) is 0 Å². The Bertz CT molecular complexity index is 3100. The number of furan rings is 2. The Labute approximate surface area is 336 Å². The zero-order chi connectivity index (χ0) is 39.1. The highest BCUT2D eigenvalue weighted by Gasteiger charge is 2.20. The number of aryl methyl sites for hydroxylation is 4. The van der Waals surface area contributed by atoms with E-state index in [0.717, 1.165) is 99.5 Å². The number of nitrogens with zero attached hydrogens (tertiary/aromatic N) is 2. The second-order valence-electron chi connectivity index (χ2n) is 15.6. The standard InChI is InChI=1S/C54H40N2O2/c1-33-13-5-9-17-47(33)55(48-18-10-6-14-34(48)2)41-23-21-37-27-43-45-31-54-46(32-53(45)57-51(43)29-39(37)25-41)44-28-38-22-24-42(26-40(38)30-52(44)58-54)56(49-19-11-7-15-35(49)3)50-20-12-8-16-36(50)4/h5-32H,1-4H3. The normalized spacial score (nSPS) is 11.8. The van der Waals surface area contributed by atoms with Crippen LogP contribution in [0.1, 0.15) is 22.3 Å². The Morgan fingerprint density at radius 2 is 0.603 bits per heavy atom. The maximum atomic E-state index is 6.67. The largest absolute Gasteiger partial charge is 0.456 e. The molecule has 0 aliphatic carbocycles. The molecule has 4 nitrogen and oxygen atoms in total. The first kappa shape index (κ1) is 34.0. The fraction of sp³-hybridized carbons (Fsp3) is 0.0741. The minimum atomic E-state index is 0.852. The molecule has 9 aromatic carbocycles. The van der Waals surface area contributed by atoms with Gasteiger partial charge in [-0.2, -0.15) is 0 Å². The molecule has 11 aromatic rings. The van der Waals surface area contributed by atoms with Gasteiger partial charge in [0.25, 0.3) is 0 Å². The molecule has 58 heavy (non-hydrogen) atoms. The van der Waals surface area contributed by atoms with Gasteiger partial charge in [0.05, 0.1) is 0 Å². The lowest BCUT2D eigenvalue weighted by Crippen LogP contribution is -2.12. The number of fused-ring (bicyclic) bond motifs is 8. The smallest absolute Gasteiger partial charge is 0.136 e. The Kier molecular flexibility index (Phi) is 7.70. The number of hydrogen-bond donors (Lipinski definition) is 0. The van der Waals surface area contributed by atoms with E-state index in [1.165, 1.54) is 22.3 Å². The zero-order valence-electron chi connectivity index (χ0n) is 32.9. The van der Waals surface area contributed by atoms with Crippen molar-refractivity contribution >= 4 is 99.5 Å². The van der Waals surface area contributed by atoms with Gasteiger partial charge in [0, 0.05) is 55.7 Å². The van der Waals surface area contributed by atoms with E-state index in [0.29, 0.717) is 0 Å². The summed E-state index contributed by atoms with van der Waals surface area (Å²) in [5, 5.41) is 8.82. The maximum Gasteiger partial charge on any atom is 0.136 e. The van der Waals surface area contributed by atoms with Crippen LogP contribution in [0.25, 0.3) is 65.4 Å². The highest BCUT2D eigenvalue weighted by molar-refractivity contribution is 6.18. The molecular formula is C54H40N2O2. The number of benzene rings is 9. The van der Waals surface area contributed by atoms with Gasteiger partial charge >= 0.3 is 0 Å². The van der Waals surface area contributed by atoms with Crippen molar-refractivity contribution in [3.05, 3.63) is 192 Å². The van der Waals surface area contributed by atoms with Crippen LogP contribution in [0.3, 0.4) is 0 Å². The monoisotopic (exact) mass is 748 g/mol. The molecule has 0 radical (unpaired) electrons. The average molecular weight is 749 g/mol. The third-order valence-electron chi connectivity index (χ3n) is 11.9. The molecule has 11 rings (SSSR count). The van der Waals surface area contributed by atoms with Crippen molar-refractivity contribution in [2.45, 2.75) is 27.7 Å². The molecule has 2 aromatic heterocycles. The average Bonchev–Trinajstić information content (AvgIpc) is 3.76. The molecule has 4 heteroatoms. The molecule has 0 fully saturated rings. The molecule has 0 N–H and O–H groups in total. The third-order valence-corrected chi connectivity index (χ3v) is 11.9. The van der Waals surface area contributed by atoms with Gasteiger partial charge in [-0.05, 0) is 156 Å². The van der Waals surface area contributed by atoms with Crippen LogP contribution >= 0.6 is 0 Å². The van der Waals surface area contributed by atoms with Crippen molar-refractivity contribution < 1.29 is 8.83 Å². The second kappa shape index (κ2) is 13.1. The Balaban J connectivity index is 1.02. The number of anilines is 6. The molecular weight excluding hydrogens is 709 g/mol. The van der Waals surface area contributed by atoms with E-state index in [2.05, 4.69) is 207 Å². The van der Waals surface area contributed by atoms with Gasteiger partial charge in [0.1, 0.15) is 22.3 Å². The molecule has 0 saturated carbocycles. The lowest BCUT2D eigenvalue weighted by atomic mass is 10.0. The van der Waals surface area contributed by atoms with Crippen molar-refractivity contribution in [3.63, 3.8) is 0 Å². The van der Waals surface area contributed by atoms with Crippen LogP contribution in [-0.4, -0.2) is 0 Å². The van der Waals surface area contributed by atoms with Crippen molar-refractivity contribution in [3.8, 4) is 0 Å². The SMILES string of the molecule is Cc1ccccc1N(c1ccc2cc3c(cc2c1)oc1cc2c(cc13)oc1cc3cc(N(c4ccccc4C)c4ccccc4C)ccc3cc12)c1ccccc1C. The molecule has 0 amide bonds. The first-order chi connectivity index (χ1) is 28.4. The van der Waals surface area contributed by atoms with Crippen molar-refractivity contribution in [2.75, 3.05) is 9.80 Å². The zero-order valence-corrected chi connectivity index (χ0v) is 32.9. The molecule has 0 spiro atoms. The van der Waals surface area contributed by atoms with Crippen LogP contribution in [-0.2, 0) is 0 Å². The van der Waals surface area contributed by atoms with Gasteiger partial charge in [0.2, 0.25) is 0 Å². The highest BCUT2D eigenvalue weighted by Crippen LogP contribution is 2.44. The van der Waals surface area contributed by atoms with E-state index in [4.69, 9.17) is 8.83 Å². The quantitative estimate of drug-likeness (QED) is 0.170. The molecule has 278 valence electrons. The van der Waals surface area contributed by atoms with Crippen molar-refractivity contribution in [1.29, 1.82) is 0 Å². The van der Waals surface area contributed by atoms with Gasteiger partial charge in [-0.1, -0.05) is 84.9 Å². The molecule has 0 aliphatic heterocycles. The lowest BCUT2D eigenvalue weighted by Gasteiger charge is -2.28. The molecule has 0 atom stereocenters. The summed E-state index contributed by atoms with van der Waals surface area (Å²) in [6.07, 6.45) is 0. The Hall–Kier alpha value is -7.30. The summed E-state index contributed by atoms with van der Waals surface area (Å²) in [7, 11) is 0. The summed E-state index contributed by atoms with van der Waals surface area (Å²) >= 11 is 0. The molecule has 2 heterocycles. The van der Waals surface area contributed by atoms with Gasteiger partial charge in [-0.15, -0.1) is 0 Å². The lowest BCUT2D eigenvalue weighted by molar-refractivity contribution is 0.664. The summed E-state index contributed by atoms with van der Waals surface area (Å²) in [5.41, 5.74) is 15.2. The summed E-state index contributed by atoms with van der Waals surface area (Å²) in [4.78, 5) is 4.72. The van der Waals surface area contributed by atoms with Gasteiger partial charge in [-0.3, -0.25) is 0 Å². The predicted molar refractivity (Wildman–Crippen MR) is 244 cm³/mol. The van der Waals surface area contributed by atoms with Crippen LogP contribution in [0.2, 0.25) is 0 Å². The fourth-order valence-electron chi connectivity index (χ4n) is 8.86.